The predicted octanol–water partition coefficient (Wildman–Crippen LogP) is 2.24. The summed E-state index contributed by atoms with van der Waals surface area (Å²) in [6, 6.07) is 0. The highest BCUT2D eigenvalue weighted by atomic mass is 16.5. The van der Waals surface area contributed by atoms with E-state index in [1.165, 1.54) is 0 Å². The van der Waals surface area contributed by atoms with Gasteiger partial charge in [0.25, 0.3) is 0 Å². The van der Waals surface area contributed by atoms with Crippen molar-refractivity contribution >= 4 is 0 Å². The fraction of sp³-hybridized carbons (Fsp3) is 1.00. The second-order valence-corrected chi connectivity index (χ2v) is 5.98. The lowest BCUT2D eigenvalue weighted by molar-refractivity contribution is 0.0219. The Labute approximate surface area is 130 Å². The van der Waals surface area contributed by atoms with Gasteiger partial charge in [0.15, 0.2) is 0 Å². The van der Waals surface area contributed by atoms with Crippen LogP contribution in [0.1, 0.15) is 40.5 Å². The predicted molar refractivity (Wildman–Crippen MR) is 85.9 cm³/mol. The Morgan fingerprint density at radius 3 is 1.62 bits per heavy atom. The summed E-state index contributed by atoms with van der Waals surface area (Å²) in [7, 11) is 0. The van der Waals surface area contributed by atoms with E-state index in [0.29, 0.717) is 26.4 Å². The van der Waals surface area contributed by atoms with Crippen LogP contribution in [0.2, 0.25) is 0 Å². The molecule has 0 spiro atoms. The standard InChI is InChI=1S/C16H35NO4/c1-5-8-18-12-13-19-9-6-10-20-14-15-21-11-7-17-16(2,3)4/h17H,5-15H2,1-4H3. The molecule has 0 fully saturated rings. The van der Waals surface area contributed by atoms with Crippen LogP contribution in [0.4, 0.5) is 0 Å². The minimum Gasteiger partial charge on any atom is -0.379 e. The third-order valence-corrected chi connectivity index (χ3v) is 2.57. The van der Waals surface area contributed by atoms with Gasteiger partial charge in [0.1, 0.15) is 0 Å². The summed E-state index contributed by atoms with van der Waals surface area (Å²) in [4.78, 5) is 0. The molecule has 128 valence electrons. The minimum absolute atomic E-state index is 0.154. The van der Waals surface area contributed by atoms with Crippen LogP contribution in [0, 0.1) is 0 Å². The van der Waals surface area contributed by atoms with Crippen LogP contribution >= 0.6 is 0 Å². The zero-order valence-electron chi connectivity index (χ0n) is 14.4. The van der Waals surface area contributed by atoms with Crippen molar-refractivity contribution in [3.8, 4) is 0 Å². The van der Waals surface area contributed by atoms with Gasteiger partial charge in [0, 0.05) is 31.9 Å². The van der Waals surface area contributed by atoms with Crippen LogP contribution in [-0.4, -0.2) is 64.9 Å². The molecule has 0 heterocycles. The molecule has 0 unspecified atom stereocenters. The summed E-state index contributed by atoms with van der Waals surface area (Å²) >= 11 is 0. The Kier molecular flexibility index (Phi) is 14.6. The Hall–Kier alpha value is -0.200. The molecule has 0 aliphatic rings. The SMILES string of the molecule is CCCOCCOCCCOCCOCCNC(C)(C)C. The molecule has 1 N–H and O–H groups in total. The Morgan fingerprint density at radius 1 is 0.667 bits per heavy atom. The van der Waals surface area contributed by atoms with Gasteiger partial charge in [-0.2, -0.15) is 0 Å². The highest BCUT2D eigenvalue weighted by Gasteiger charge is 2.06. The van der Waals surface area contributed by atoms with Gasteiger partial charge in [-0.3, -0.25) is 0 Å². The molecule has 0 radical (unpaired) electrons. The third kappa shape index (κ3) is 19.8. The van der Waals surface area contributed by atoms with E-state index in [-0.39, 0.29) is 5.54 Å². The number of rotatable bonds is 15. The van der Waals surface area contributed by atoms with E-state index in [9.17, 15) is 0 Å². The normalized spacial score (nSPS) is 12.0. The maximum absolute atomic E-state index is 5.48. The van der Waals surface area contributed by atoms with Crippen molar-refractivity contribution in [3.05, 3.63) is 0 Å². The summed E-state index contributed by atoms with van der Waals surface area (Å²) in [5.41, 5.74) is 0.154. The third-order valence-electron chi connectivity index (χ3n) is 2.57. The molecule has 21 heavy (non-hydrogen) atoms. The number of nitrogens with one attached hydrogen (secondary N) is 1. The second kappa shape index (κ2) is 14.7. The van der Waals surface area contributed by atoms with Crippen molar-refractivity contribution in [2.75, 3.05) is 59.4 Å². The van der Waals surface area contributed by atoms with Crippen molar-refractivity contribution in [3.63, 3.8) is 0 Å². The molecule has 0 aromatic heterocycles. The van der Waals surface area contributed by atoms with Gasteiger partial charge >= 0.3 is 0 Å². The van der Waals surface area contributed by atoms with Gasteiger partial charge < -0.3 is 24.3 Å². The van der Waals surface area contributed by atoms with E-state index in [1.807, 2.05) is 0 Å². The van der Waals surface area contributed by atoms with E-state index >= 15 is 0 Å². The first-order valence-corrected chi connectivity index (χ1v) is 8.12. The number of hydrogen-bond donors (Lipinski definition) is 1. The van der Waals surface area contributed by atoms with E-state index in [2.05, 4.69) is 33.0 Å². The quantitative estimate of drug-likeness (QED) is 0.470. The highest BCUT2D eigenvalue weighted by molar-refractivity contribution is 4.69. The fourth-order valence-electron chi connectivity index (χ4n) is 1.55. The average Bonchev–Trinajstić information content (AvgIpc) is 2.42. The van der Waals surface area contributed by atoms with Gasteiger partial charge in [-0.25, -0.2) is 0 Å². The van der Waals surface area contributed by atoms with Crippen molar-refractivity contribution in [1.82, 2.24) is 5.32 Å². The minimum atomic E-state index is 0.154. The van der Waals surface area contributed by atoms with E-state index < -0.39 is 0 Å². The number of hydrogen-bond acceptors (Lipinski definition) is 5. The maximum atomic E-state index is 5.48. The molecular formula is C16H35NO4. The molecule has 0 aliphatic heterocycles. The van der Waals surface area contributed by atoms with Crippen molar-refractivity contribution in [2.24, 2.45) is 0 Å². The summed E-state index contributed by atoms with van der Waals surface area (Å²) in [5.74, 6) is 0. The highest BCUT2D eigenvalue weighted by Crippen LogP contribution is 1.96. The first kappa shape index (κ1) is 20.8. The lowest BCUT2D eigenvalue weighted by Gasteiger charge is -2.20. The fourth-order valence-corrected chi connectivity index (χ4v) is 1.55. The van der Waals surface area contributed by atoms with Gasteiger partial charge in [0.2, 0.25) is 0 Å². The van der Waals surface area contributed by atoms with Crippen LogP contribution in [0.15, 0.2) is 0 Å². The molecule has 0 rings (SSSR count). The van der Waals surface area contributed by atoms with Crippen LogP contribution in [-0.2, 0) is 18.9 Å². The van der Waals surface area contributed by atoms with Gasteiger partial charge in [-0.05, 0) is 33.6 Å². The van der Waals surface area contributed by atoms with E-state index in [4.69, 9.17) is 18.9 Å². The molecule has 0 aliphatic carbocycles. The lowest BCUT2D eigenvalue weighted by atomic mass is 10.1. The Morgan fingerprint density at radius 2 is 1.14 bits per heavy atom. The molecule has 0 aromatic carbocycles. The van der Waals surface area contributed by atoms with Gasteiger partial charge in [-0.15, -0.1) is 0 Å². The Bertz CT molecular complexity index is 207. The molecule has 0 bridgehead atoms. The molecular weight excluding hydrogens is 270 g/mol. The van der Waals surface area contributed by atoms with Crippen LogP contribution in [0.25, 0.3) is 0 Å². The largest absolute Gasteiger partial charge is 0.379 e. The first-order chi connectivity index (χ1) is 10.1. The zero-order valence-corrected chi connectivity index (χ0v) is 14.4. The van der Waals surface area contributed by atoms with E-state index in [1.54, 1.807) is 0 Å². The molecule has 0 amide bonds. The monoisotopic (exact) mass is 305 g/mol. The Balaban J connectivity index is 3.00. The lowest BCUT2D eigenvalue weighted by Crippen LogP contribution is -2.38. The van der Waals surface area contributed by atoms with E-state index in [0.717, 1.165) is 45.8 Å². The molecule has 5 heteroatoms. The molecule has 0 saturated heterocycles. The summed E-state index contributed by atoms with van der Waals surface area (Å²) in [5, 5.41) is 3.37. The second-order valence-electron chi connectivity index (χ2n) is 5.98. The average molecular weight is 305 g/mol. The summed E-state index contributed by atoms with van der Waals surface area (Å²) < 4.78 is 21.7. The maximum Gasteiger partial charge on any atom is 0.0701 e. The molecule has 0 aromatic rings. The summed E-state index contributed by atoms with van der Waals surface area (Å²) in [6.07, 6.45) is 1.97. The number of ether oxygens (including phenoxy) is 4. The molecule has 0 atom stereocenters. The molecule has 0 saturated carbocycles. The van der Waals surface area contributed by atoms with Crippen molar-refractivity contribution < 1.29 is 18.9 Å². The van der Waals surface area contributed by atoms with Crippen LogP contribution in [0.5, 0.6) is 0 Å². The van der Waals surface area contributed by atoms with Gasteiger partial charge in [-0.1, -0.05) is 6.92 Å². The van der Waals surface area contributed by atoms with Gasteiger partial charge in [0.05, 0.1) is 33.0 Å². The molecule has 5 nitrogen and oxygen atoms in total. The zero-order chi connectivity index (χ0) is 15.8. The smallest absolute Gasteiger partial charge is 0.0701 e. The summed E-state index contributed by atoms with van der Waals surface area (Å²) in [6.45, 7) is 15.1. The van der Waals surface area contributed by atoms with Crippen LogP contribution < -0.4 is 5.32 Å². The van der Waals surface area contributed by atoms with Crippen LogP contribution in [0.3, 0.4) is 0 Å². The first-order valence-electron chi connectivity index (χ1n) is 8.12. The van der Waals surface area contributed by atoms with Crippen molar-refractivity contribution in [1.29, 1.82) is 0 Å². The van der Waals surface area contributed by atoms with Crippen molar-refractivity contribution in [2.45, 2.75) is 46.1 Å². The topological polar surface area (TPSA) is 49.0 Å².